The van der Waals surface area contributed by atoms with Gasteiger partial charge in [-0.05, 0) is 49.1 Å². The zero-order valence-electron chi connectivity index (χ0n) is 19.3. The Kier molecular flexibility index (Phi) is 9.45. The first-order chi connectivity index (χ1) is 14.7. The van der Waals surface area contributed by atoms with Gasteiger partial charge in [-0.2, -0.15) is 0 Å². The lowest BCUT2D eigenvalue weighted by atomic mass is 9.90. The van der Waals surface area contributed by atoms with E-state index in [9.17, 15) is 0 Å². The Bertz CT molecular complexity index is 845. The molecule has 0 bridgehead atoms. The number of nitrogens with zero attached hydrogens (tertiary/aromatic N) is 2. The second-order valence-electron chi connectivity index (χ2n) is 8.94. The van der Waals surface area contributed by atoms with Gasteiger partial charge in [0.1, 0.15) is 0 Å². The maximum atomic E-state index is 4.43. The van der Waals surface area contributed by atoms with Crippen LogP contribution in [-0.2, 0) is 6.42 Å². The van der Waals surface area contributed by atoms with Crippen LogP contribution < -0.4 is 0 Å². The Hall–Kier alpha value is -1.61. The maximum Gasteiger partial charge on any atom is 0.193 e. The van der Waals surface area contributed by atoms with Crippen LogP contribution in [0.1, 0.15) is 114 Å². The highest BCUT2D eigenvalue weighted by Gasteiger charge is 2.15. The average molecular weight is 425 g/mol. The highest BCUT2D eigenvalue weighted by molar-refractivity contribution is 7.15. The summed E-state index contributed by atoms with van der Waals surface area (Å²) < 4.78 is 2.28. The molecule has 0 aliphatic carbocycles. The maximum absolute atomic E-state index is 4.43. The van der Waals surface area contributed by atoms with E-state index in [0.717, 1.165) is 4.96 Å². The monoisotopic (exact) mass is 424 g/mol. The van der Waals surface area contributed by atoms with Crippen molar-refractivity contribution in [3.63, 3.8) is 0 Å². The number of thiazole rings is 1. The molecule has 0 aliphatic heterocycles. The highest BCUT2D eigenvalue weighted by atomic mass is 32.1. The van der Waals surface area contributed by atoms with Crippen molar-refractivity contribution in [2.75, 3.05) is 0 Å². The predicted molar refractivity (Wildman–Crippen MR) is 132 cm³/mol. The number of benzene rings is 1. The van der Waals surface area contributed by atoms with Crippen LogP contribution in [0.4, 0.5) is 0 Å². The van der Waals surface area contributed by atoms with Gasteiger partial charge in [-0.1, -0.05) is 83.6 Å². The summed E-state index contributed by atoms with van der Waals surface area (Å²) >= 11 is 1.76. The molecule has 0 amide bonds. The van der Waals surface area contributed by atoms with E-state index < -0.39 is 0 Å². The van der Waals surface area contributed by atoms with Crippen molar-refractivity contribution in [2.45, 2.75) is 103 Å². The lowest BCUT2D eigenvalue weighted by Gasteiger charge is -2.17. The molecule has 3 aromatic rings. The fraction of sp³-hybridized carbons (Fsp3) is 0.593. The average Bonchev–Trinajstić information content (AvgIpc) is 3.38. The number of fused-ring (bicyclic) bond motifs is 1. The molecule has 0 aliphatic rings. The Balaban J connectivity index is 1.41. The number of imidazole rings is 1. The van der Waals surface area contributed by atoms with Gasteiger partial charge in [-0.3, -0.25) is 4.40 Å². The summed E-state index contributed by atoms with van der Waals surface area (Å²) in [6.07, 6.45) is 18.5. The van der Waals surface area contributed by atoms with Crippen molar-refractivity contribution in [3.05, 3.63) is 58.9 Å². The van der Waals surface area contributed by atoms with Crippen LogP contribution >= 0.6 is 11.3 Å². The van der Waals surface area contributed by atoms with Crippen LogP contribution in [0.5, 0.6) is 0 Å². The van der Waals surface area contributed by atoms with E-state index in [-0.39, 0.29) is 0 Å². The summed E-state index contributed by atoms with van der Waals surface area (Å²) in [4.78, 5) is 5.55. The highest BCUT2D eigenvalue weighted by Crippen LogP contribution is 2.31. The van der Waals surface area contributed by atoms with Gasteiger partial charge in [0, 0.05) is 29.4 Å². The molecule has 0 spiro atoms. The Labute approximate surface area is 187 Å². The molecule has 2 atom stereocenters. The summed E-state index contributed by atoms with van der Waals surface area (Å²) in [5.74, 6) is 1.28. The lowest BCUT2D eigenvalue weighted by molar-refractivity contribution is 0.520. The van der Waals surface area contributed by atoms with Gasteiger partial charge in [0.05, 0.1) is 0 Å². The van der Waals surface area contributed by atoms with Crippen LogP contribution in [0, 0.1) is 0 Å². The second-order valence-corrected chi connectivity index (χ2v) is 9.77. The van der Waals surface area contributed by atoms with Gasteiger partial charge in [0.2, 0.25) is 0 Å². The molecule has 3 rings (SSSR count). The third-order valence-corrected chi connectivity index (χ3v) is 7.51. The minimum Gasteiger partial charge on any atom is -0.294 e. The summed E-state index contributed by atoms with van der Waals surface area (Å²) in [5, 5.41) is 2.31. The van der Waals surface area contributed by atoms with Crippen molar-refractivity contribution in [1.29, 1.82) is 0 Å². The smallest absolute Gasteiger partial charge is 0.193 e. The fourth-order valence-electron chi connectivity index (χ4n) is 4.56. The third kappa shape index (κ3) is 6.44. The summed E-state index contributed by atoms with van der Waals surface area (Å²) in [7, 11) is 0. The Morgan fingerprint density at radius 3 is 2.47 bits per heavy atom. The number of aromatic nitrogens is 2. The third-order valence-electron chi connectivity index (χ3n) is 6.64. The molecule has 2 aromatic heterocycles. The van der Waals surface area contributed by atoms with Crippen molar-refractivity contribution in [1.82, 2.24) is 9.38 Å². The lowest BCUT2D eigenvalue weighted by Crippen LogP contribution is -2.02. The van der Waals surface area contributed by atoms with Gasteiger partial charge >= 0.3 is 0 Å². The largest absolute Gasteiger partial charge is 0.294 e. The first-order valence-electron chi connectivity index (χ1n) is 12.2. The van der Waals surface area contributed by atoms with Gasteiger partial charge in [0.25, 0.3) is 0 Å². The summed E-state index contributed by atoms with van der Waals surface area (Å²) in [6, 6.07) is 9.49. The standard InChI is InChI=1S/C27H40N2S/c1-4-6-7-8-9-10-13-23-15-17-25(18-16-23)22(3)12-11-14-24(5-2)26-21-30-27-28-19-20-29(26)27/h15-22,24H,4-14H2,1-3H3. The minimum absolute atomic E-state index is 0.639. The van der Waals surface area contributed by atoms with E-state index in [1.165, 1.54) is 87.4 Å². The molecule has 0 radical (unpaired) electrons. The van der Waals surface area contributed by atoms with Gasteiger partial charge < -0.3 is 0 Å². The Morgan fingerprint density at radius 2 is 1.70 bits per heavy atom. The summed E-state index contributed by atoms with van der Waals surface area (Å²) in [6.45, 7) is 6.99. The molecule has 30 heavy (non-hydrogen) atoms. The molecule has 2 unspecified atom stereocenters. The molecular weight excluding hydrogens is 384 g/mol. The van der Waals surface area contributed by atoms with E-state index >= 15 is 0 Å². The second kappa shape index (κ2) is 12.3. The van der Waals surface area contributed by atoms with E-state index in [0.29, 0.717) is 11.8 Å². The van der Waals surface area contributed by atoms with Crippen molar-refractivity contribution in [2.24, 2.45) is 0 Å². The zero-order valence-corrected chi connectivity index (χ0v) is 20.1. The van der Waals surface area contributed by atoms with E-state index in [1.54, 1.807) is 11.3 Å². The fourth-order valence-corrected chi connectivity index (χ4v) is 5.49. The molecule has 1 aromatic carbocycles. The number of hydrogen-bond acceptors (Lipinski definition) is 2. The van der Waals surface area contributed by atoms with Gasteiger partial charge in [-0.25, -0.2) is 4.98 Å². The number of unbranched alkanes of at least 4 members (excludes halogenated alkanes) is 5. The van der Waals surface area contributed by atoms with E-state index in [1.807, 2.05) is 6.20 Å². The molecule has 0 fully saturated rings. The topological polar surface area (TPSA) is 17.3 Å². The molecule has 0 N–H and O–H groups in total. The van der Waals surface area contributed by atoms with Crippen molar-refractivity contribution < 1.29 is 0 Å². The van der Waals surface area contributed by atoms with Crippen LogP contribution in [0.15, 0.2) is 42.0 Å². The van der Waals surface area contributed by atoms with E-state index in [4.69, 9.17) is 0 Å². The van der Waals surface area contributed by atoms with Crippen molar-refractivity contribution in [3.8, 4) is 0 Å². The molecular formula is C27H40N2S. The molecule has 2 nitrogen and oxygen atoms in total. The molecule has 3 heteroatoms. The first kappa shape index (κ1) is 23.1. The van der Waals surface area contributed by atoms with Crippen LogP contribution in [0.25, 0.3) is 4.96 Å². The van der Waals surface area contributed by atoms with Crippen molar-refractivity contribution >= 4 is 16.3 Å². The number of rotatable bonds is 14. The Morgan fingerprint density at radius 1 is 0.933 bits per heavy atom. The predicted octanol–water partition coefficient (Wildman–Crippen LogP) is 8.77. The minimum atomic E-state index is 0.639. The summed E-state index contributed by atoms with van der Waals surface area (Å²) in [5.41, 5.74) is 4.46. The number of hydrogen-bond donors (Lipinski definition) is 0. The zero-order chi connectivity index (χ0) is 21.2. The normalized spacial score (nSPS) is 13.7. The van der Waals surface area contributed by atoms with E-state index in [2.05, 4.69) is 66.0 Å². The molecule has 0 saturated carbocycles. The van der Waals surface area contributed by atoms with Crippen LogP contribution in [-0.4, -0.2) is 9.38 Å². The molecule has 2 heterocycles. The molecule has 164 valence electrons. The van der Waals surface area contributed by atoms with Crippen LogP contribution in [0.2, 0.25) is 0 Å². The molecule has 0 saturated heterocycles. The van der Waals surface area contributed by atoms with Gasteiger partial charge in [-0.15, -0.1) is 11.3 Å². The quantitative estimate of drug-likeness (QED) is 0.236. The SMILES string of the molecule is CCCCCCCCc1ccc(C(C)CCCC(CC)c2csc3nccn23)cc1. The van der Waals surface area contributed by atoms with Crippen LogP contribution in [0.3, 0.4) is 0 Å². The van der Waals surface area contributed by atoms with Gasteiger partial charge in [0.15, 0.2) is 4.96 Å². The first-order valence-corrected chi connectivity index (χ1v) is 13.1. The number of aryl methyl sites for hydroxylation is 1.